The lowest BCUT2D eigenvalue weighted by Gasteiger charge is -2.23. The molecule has 2 saturated carbocycles. The SMILES string of the molecule is O=C1CCC(C(=O)NCCC2CCCCC2)CC1. The van der Waals surface area contributed by atoms with Crippen LogP contribution in [-0.2, 0) is 9.59 Å². The van der Waals surface area contributed by atoms with E-state index in [1.54, 1.807) is 0 Å². The van der Waals surface area contributed by atoms with E-state index in [4.69, 9.17) is 0 Å². The molecule has 0 radical (unpaired) electrons. The van der Waals surface area contributed by atoms with Crippen molar-refractivity contribution in [1.82, 2.24) is 5.32 Å². The molecular weight excluding hydrogens is 226 g/mol. The molecule has 0 unspecified atom stereocenters. The maximum atomic E-state index is 11.9. The van der Waals surface area contributed by atoms with Crippen molar-refractivity contribution in [2.75, 3.05) is 6.54 Å². The highest BCUT2D eigenvalue weighted by Gasteiger charge is 2.24. The molecule has 18 heavy (non-hydrogen) atoms. The van der Waals surface area contributed by atoms with Crippen LogP contribution in [0, 0.1) is 11.8 Å². The minimum atomic E-state index is 0.0917. The molecule has 1 amide bonds. The van der Waals surface area contributed by atoms with Gasteiger partial charge in [-0.15, -0.1) is 0 Å². The summed E-state index contributed by atoms with van der Waals surface area (Å²) in [5, 5.41) is 3.06. The van der Waals surface area contributed by atoms with Crippen LogP contribution in [0.25, 0.3) is 0 Å². The Balaban J connectivity index is 1.60. The van der Waals surface area contributed by atoms with Gasteiger partial charge in [0.15, 0.2) is 0 Å². The lowest BCUT2D eigenvalue weighted by molar-refractivity contribution is -0.128. The van der Waals surface area contributed by atoms with E-state index in [0.717, 1.165) is 31.7 Å². The van der Waals surface area contributed by atoms with Crippen LogP contribution in [0.4, 0.5) is 0 Å². The molecule has 0 heterocycles. The highest BCUT2D eigenvalue weighted by atomic mass is 16.2. The third kappa shape index (κ3) is 4.11. The largest absolute Gasteiger partial charge is 0.356 e. The van der Waals surface area contributed by atoms with E-state index in [0.29, 0.717) is 18.6 Å². The molecule has 0 aromatic rings. The summed E-state index contributed by atoms with van der Waals surface area (Å²) in [4.78, 5) is 23.0. The van der Waals surface area contributed by atoms with Crippen molar-refractivity contribution >= 4 is 11.7 Å². The van der Waals surface area contributed by atoms with Crippen LogP contribution in [0.2, 0.25) is 0 Å². The molecule has 0 atom stereocenters. The molecule has 3 nitrogen and oxygen atoms in total. The van der Waals surface area contributed by atoms with E-state index in [9.17, 15) is 9.59 Å². The van der Waals surface area contributed by atoms with Gasteiger partial charge in [-0.05, 0) is 25.2 Å². The predicted octanol–water partition coefficient (Wildman–Crippen LogP) is 2.83. The Morgan fingerprint density at radius 3 is 2.39 bits per heavy atom. The average Bonchev–Trinajstić information content (AvgIpc) is 2.40. The molecule has 0 aromatic carbocycles. The highest BCUT2D eigenvalue weighted by Crippen LogP contribution is 2.26. The highest BCUT2D eigenvalue weighted by molar-refractivity contribution is 5.84. The first kappa shape index (κ1) is 13.6. The van der Waals surface area contributed by atoms with E-state index >= 15 is 0 Å². The van der Waals surface area contributed by atoms with E-state index in [-0.39, 0.29) is 11.8 Å². The van der Waals surface area contributed by atoms with Crippen molar-refractivity contribution in [3.63, 3.8) is 0 Å². The zero-order valence-electron chi connectivity index (χ0n) is 11.2. The number of ketones is 1. The van der Waals surface area contributed by atoms with Crippen LogP contribution in [0.3, 0.4) is 0 Å². The van der Waals surface area contributed by atoms with E-state index in [1.807, 2.05) is 0 Å². The summed E-state index contributed by atoms with van der Waals surface area (Å²) >= 11 is 0. The summed E-state index contributed by atoms with van der Waals surface area (Å²) in [5.74, 6) is 1.42. The molecule has 102 valence electrons. The second-order valence-corrected chi connectivity index (χ2v) is 5.90. The third-order valence-corrected chi connectivity index (χ3v) is 4.49. The molecule has 0 aliphatic heterocycles. The average molecular weight is 251 g/mol. The second-order valence-electron chi connectivity index (χ2n) is 5.90. The first-order chi connectivity index (χ1) is 8.75. The molecule has 0 saturated heterocycles. The fraction of sp³-hybridized carbons (Fsp3) is 0.867. The van der Waals surface area contributed by atoms with Crippen molar-refractivity contribution in [1.29, 1.82) is 0 Å². The van der Waals surface area contributed by atoms with Crippen LogP contribution >= 0.6 is 0 Å². The number of carbonyl (C=O) groups is 2. The Bertz CT molecular complexity index is 285. The van der Waals surface area contributed by atoms with Crippen molar-refractivity contribution < 1.29 is 9.59 Å². The lowest BCUT2D eigenvalue weighted by atomic mass is 9.86. The van der Waals surface area contributed by atoms with Gasteiger partial charge in [-0.2, -0.15) is 0 Å². The van der Waals surface area contributed by atoms with E-state index in [1.165, 1.54) is 32.1 Å². The number of nitrogens with one attached hydrogen (secondary N) is 1. The Morgan fingerprint density at radius 2 is 1.72 bits per heavy atom. The smallest absolute Gasteiger partial charge is 0.223 e. The standard InChI is InChI=1S/C15H25NO2/c17-14-8-6-13(7-9-14)15(18)16-11-10-12-4-2-1-3-5-12/h12-13H,1-11H2,(H,16,18). The van der Waals surface area contributed by atoms with Crippen LogP contribution in [0.1, 0.15) is 64.2 Å². The van der Waals surface area contributed by atoms with Gasteiger partial charge in [0.2, 0.25) is 5.91 Å². The van der Waals surface area contributed by atoms with Gasteiger partial charge >= 0.3 is 0 Å². The van der Waals surface area contributed by atoms with Crippen LogP contribution in [0.5, 0.6) is 0 Å². The summed E-state index contributed by atoms with van der Waals surface area (Å²) in [6.07, 6.45) is 10.6. The van der Waals surface area contributed by atoms with Gasteiger partial charge in [0.25, 0.3) is 0 Å². The first-order valence-electron chi connectivity index (χ1n) is 7.55. The summed E-state index contributed by atoms with van der Waals surface area (Å²) < 4.78 is 0. The number of hydrogen-bond acceptors (Lipinski definition) is 2. The summed E-state index contributed by atoms with van der Waals surface area (Å²) in [7, 11) is 0. The number of rotatable bonds is 4. The van der Waals surface area contributed by atoms with Crippen LogP contribution < -0.4 is 5.32 Å². The summed E-state index contributed by atoms with van der Waals surface area (Å²) in [6, 6.07) is 0. The summed E-state index contributed by atoms with van der Waals surface area (Å²) in [6.45, 7) is 0.827. The fourth-order valence-corrected chi connectivity index (χ4v) is 3.22. The molecule has 2 aliphatic rings. The van der Waals surface area contributed by atoms with E-state index < -0.39 is 0 Å². The lowest BCUT2D eigenvalue weighted by Crippen LogP contribution is -2.34. The monoisotopic (exact) mass is 251 g/mol. The molecule has 2 aliphatic carbocycles. The van der Waals surface area contributed by atoms with Gasteiger partial charge in [-0.1, -0.05) is 32.1 Å². The molecule has 1 N–H and O–H groups in total. The van der Waals surface area contributed by atoms with Gasteiger partial charge in [-0.25, -0.2) is 0 Å². The Hall–Kier alpha value is -0.860. The van der Waals surface area contributed by atoms with Crippen molar-refractivity contribution in [2.45, 2.75) is 64.2 Å². The molecule has 3 heteroatoms. The van der Waals surface area contributed by atoms with Crippen LogP contribution in [0.15, 0.2) is 0 Å². The number of carbonyl (C=O) groups excluding carboxylic acids is 2. The van der Waals surface area contributed by atoms with Gasteiger partial charge < -0.3 is 5.32 Å². The number of Topliss-reactive ketones (excluding diaryl/α,β-unsaturated/α-hetero) is 1. The molecule has 2 fully saturated rings. The minimum absolute atomic E-state index is 0.0917. The first-order valence-corrected chi connectivity index (χ1v) is 7.55. The summed E-state index contributed by atoms with van der Waals surface area (Å²) in [5.41, 5.74) is 0. The van der Waals surface area contributed by atoms with Crippen molar-refractivity contribution in [2.24, 2.45) is 11.8 Å². The zero-order valence-corrected chi connectivity index (χ0v) is 11.2. The van der Waals surface area contributed by atoms with Gasteiger partial charge in [0.05, 0.1) is 0 Å². The second kappa shape index (κ2) is 6.91. The molecule has 0 aromatic heterocycles. The van der Waals surface area contributed by atoms with Gasteiger partial charge in [-0.3, -0.25) is 9.59 Å². The van der Waals surface area contributed by atoms with E-state index in [2.05, 4.69) is 5.32 Å². The quantitative estimate of drug-likeness (QED) is 0.835. The van der Waals surface area contributed by atoms with Crippen molar-refractivity contribution in [3.05, 3.63) is 0 Å². The predicted molar refractivity (Wildman–Crippen MR) is 71.2 cm³/mol. The maximum Gasteiger partial charge on any atom is 0.223 e. The Kier molecular flexibility index (Phi) is 5.21. The molecule has 2 rings (SSSR count). The van der Waals surface area contributed by atoms with Gasteiger partial charge in [0.1, 0.15) is 5.78 Å². The minimum Gasteiger partial charge on any atom is -0.356 e. The normalized spacial score (nSPS) is 23.0. The maximum absolute atomic E-state index is 11.9. The molecule has 0 spiro atoms. The Labute approximate surface area is 110 Å². The fourth-order valence-electron chi connectivity index (χ4n) is 3.22. The Morgan fingerprint density at radius 1 is 1.06 bits per heavy atom. The van der Waals surface area contributed by atoms with Gasteiger partial charge in [0, 0.05) is 25.3 Å². The zero-order chi connectivity index (χ0) is 12.8. The molecular formula is C15H25NO2. The molecule has 0 bridgehead atoms. The number of amides is 1. The number of hydrogen-bond donors (Lipinski definition) is 1. The van der Waals surface area contributed by atoms with Crippen LogP contribution in [-0.4, -0.2) is 18.2 Å². The third-order valence-electron chi connectivity index (χ3n) is 4.49. The van der Waals surface area contributed by atoms with Crippen molar-refractivity contribution in [3.8, 4) is 0 Å². The topological polar surface area (TPSA) is 46.2 Å².